The zero-order valence-corrected chi connectivity index (χ0v) is 15.0. The molecule has 8 heteroatoms. The van der Waals surface area contributed by atoms with Crippen LogP contribution >= 0.6 is 0 Å². The molecule has 0 fully saturated rings. The van der Waals surface area contributed by atoms with Crippen molar-refractivity contribution < 1.29 is 14.6 Å². The number of hydrogen-bond acceptors (Lipinski definition) is 6. The molecule has 1 amide bonds. The van der Waals surface area contributed by atoms with Crippen LogP contribution in [0.25, 0.3) is 5.65 Å². The van der Waals surface area contributed by atoms with Gasteiger partial charge in [-0.2, -0.15) is 0 Å². The van der Waals surface area contributed by atoms with E-state index in [9.17, 15) is 9.90 Å². The Bertz CT molecular complexity index is 1120. The van der Waals surface area contributed by atoms with Crippen LogP contribution in [0.1, 0.15) is 10.5 Å². The third-order valence-electron chi connectivity index (χ3n) is 4.08. The molecule has 0 bridgehead atoms. The Kier molecular flexibility index (Phi) is 4.51. The van der Waals surface area contributed by atoms with Gasteiger partial charge in [-0.3, -0.25) is 4.79 Å². The fraction of sp³-hybridized carbons (Fsp3) is 0.0500. The van der Waals surface area contributed by atoms with Gasteiger partial charge in [0.1, 0.15) is 11.5 Å². The number of rotatable bonds is 5. The highest BCUT2D eigenvalue weighted by atomic mass is 16.5. The maximum atomic E-state index is 12.6. The fourth-order valence-electron chi connectivity index (χ4n) is 2.66. The molecule has 0 aliphatic rings. The predicted octanol–water partition coefficient (Wildman–Crippen LogP) is 3.44. The lowest BCUT2D eigenvalue weighted by Gasteiger charge is -2.08. The van der Waals surface area contributed by atoms with Gasteiger partial charge in [0.15, 0.2) is 17.2 Å². The number of carbonyl (C=O) groups is 1. The second-order valence-electron chi connectivity index (χ2n) is 5.99. The van der Waals surface area contributed by atoms with Crippen LogP contribution in [0.2, 0.25) is 0 Å². The normalized spacial score (nSPS) is 10.6. The molecule has 0 atom stereocenters. The number of nitrogens with one attached hydrogen (secondary N) is 2. The van der Waals surface area contributed by atoms with Crippen molar-refractivity contribution in [2.75, 3.05) is 17.7 Å². The topological polar surface area (TPSA) is 101 Å². The van der Waals surface area contributed by atoms with Gasteiger partial charge in [0.25, 0.3) is 5.91 Å². The number of amides is 1. The van der Waals surface area contributed by atoms with Gasteiger partial charge < -0.3 is 20.5 Å². The van der Waals surface area contributed by atoms with E-state index in [1.807, 2.05) is 24.3 Å². The molecule has 28 heavy (non-hydrogen) atoms. The molecule has 0 saturated heterocycles. The first-order chi connectivity index (χ1) is 13.6. The second-order valence-corrected chi connectivity index (χ2v) is 5.99. The average Bonchev–Trinajstić information content (AvgIpc) is 3.14. The molecule has 2 aromatic carbocycles. The molecule has 0 saturated carbocycles. The van der Waals surface area contributed by atoms with Gasteiger partial charge >= 0.3 is 0 Å². The highest BCUT2D eigenvalue weighted by Gasteiger charge is 2.14. The summed E-state index contributed by atoms with van der Waals surface area (Å²) in [5.41, 5.74) is 2.24. The number of methoxy groups -OCH3 is 1. The first-order valence-corrected chi connectivity index (χ1v) is 8.48. The molecule has 2 heterocycles. The van der Waals surface area contributed by atoms with E-state index in [2.05, 4.69) is 20.7 Å². The van der Waals surface area contributed by atoms with Gasteiger partial charge in [0, 0.05) is 11.4 Å². The Morgan fingerprint density at radius 3 is 2.43 bits per heavy atom. The number of imidazole rings is 1. The minimum absolute atomic E-state index is 0.128. The van der Waals surface area contributed by atoms with E-state index < -0.39 is 0 Å². The number of aromatic hydroxyl groups is 1. The second kappa shape index (κ2) is 7.28. The smallest absolute Gasteiger partial charge is 0.276 e. The number of nitrogens with zero attached hydrogens (tertiary/aromatic N) is 3. The third kappa shape index (κ3) is 3.56. The number of aromatic nitrogens is 3. The van der Waals surface area contributed by atoms with Crippen molar-refractivity contribution in [1.82, 2.24) is 14.6 Å². The van der Waals surface area contributed by atoms with Crippen molar-refractivity contribution in [2.45, 2.75) is 0 Å². The summed E-state index contributed by atoms with van der Waals surface area (Å²) in [6.07, 6.45) is 1.47. The largest absolute Gasteiger partial charge is 0.508 e. The monoisotopic (exact) mass is 375 g/mol. The summed E-state index contributed by atoms with van der Waals surface area (Å²) in [4.78, 5) is 16.8. The number of benzene rings is 2. The van der Waals surface area contributed by atoms with Crippen molar-refractivity contribution in [1.29, 1.82) is 0 Å². The molecule has 0 spiro atoms. The van der Waals surface area contributed by atoms with Crippen LogP contribution in [-0.2, 0) is 0 Å². The first kappa shape index (κ1) is 17.3. The predicted molar refractivity (Wildman–Crippen MR) is 105 cm³/mol. The van der Waals surface area contributed by atoms with E-state index in [1.165, 1.54) is 22.8 Å². The SMILES string of the molecule is COc1ccc(Nc2ccc3ncc(C(=O)Nc4ccc(O)cc4)n3n2)cc1. The number of carbonyl (C=O) groups excluding carboxylic acids is 1. The van der Waals surface area contributed by atoms with E-state index in [0.29, 0.717) is 22.8 Å². The van der Waals surface area contributed by atoms with Crippen molar-refractivity contribution in [2.24, 2.45) is 0 Å². The molecule has 140 valence electrons. The molecular weight excluding hydrogens is 358 g/mol. The number of fused-ring (bicyclic) bond motifs is 1. The van der Waals surface area contributed by atoms with E-state index in [1.54, 1.807) is 31.4 Å². The Morgan fingerprint density at radius 2 is 1.71 bits per heavy atom. The fourth-order valence-corrected chi connectivity index (χ4v) is 2.66. The number of ether oxygens (including phenoxy) is 1. The molecule has 0 aliphatic carbocycles. The number of phenolic OH excluding ortho intramolecular Hbond substituents is 1. The van der Waals surface area contributed by atoms with Gasteiger partial charge in [-0.1, -0.05) is 0 Å². The summed E-state index contributed by atoms with van der Waals surface area (Å²) in [6.45, 7) is 0. The highest BCUT2D eigenvalue weighted by Crippen LogP contribution is 2.20. The van der Waals surface area contributed by atoms with Gasteiger partial charge in [-0.15, -0.1) is 5.10 Å². The number of anilines is 3. The lowest BCUT2D eigenvalue weighted by molar-refractivity contribution is 0.102. The van der Waals surface area contributed by atoms with E-state index in [4.69, 9.17) is 4.74 Å². The maximum Gasteiger partial charge on any atom is 0.276 e. The molecule has 4 rings (SSSR count). The van der Waals surface area contributed by atoms with Crippen LogP contribution in [0, 0.1) is 0 Å². The average molecular weight is 375 g/mol. The molecule has 0 radical (unpaired) electrons. The van der Waals surface area contributed by atoms with E-state index in [0.717, 1.165) is 11.4 Å². The first-order valence-electron chi connectivity index (χ1n) is 8.48. The highest BCUT2D eigenvalue weighted by molar-refractivity contribution is 6.03. The Balaban J connectivity index is 1.58. The summed E-state index contributed by atoms with van der Waals surface area (Å²) in [6, 6.07) is 17.2. The van der Waals surface area contributed by atoms with Crippen molar-refractivity contribution >= 4 is 28.7 Å². The van der Waals surface area contributed by atoms with Gasteiger partial charge in [-0.05, 0) is 60.7 Å². The Hall–Kier alpha value is -4.07. The minimum Gasteiger partial charge on any atom is -0.508 e. The number of phenols is 1. The summed E-state index contributed by atoms with van der Waals surface area (Å²) < 4.78 is 6.62. The molecule has 2 aromatic heterocycles. The molecule has 0 aliphatic heterocycles. The molecule has 4 aromatic rings. The molecular formula is C20H17N5O3. The third-order valence-corrected chi connectivity index (χ3v) is 4.08. The Labute approximate surface area is 160 Å². The van der Waals surface area contributed by atoms with Crippen molar-refractivity contribution in [3.05, 3.63) is 72.6 Å². The lowest BCUT2D eigenvalue weighted by atomic mass is 10.3. The molecule has 3 N–H and O–H groups in total. The van der Waals surface area contributed by atoms with Gasteiger partial charge in [0.2, 0.25) is 0 Å². The molecule has 0 unspecified atom stereocenters. The zero-order valence-electron chi connectivity index (χ0n) is 15.0. The quantitative estimate of drug-likeness (QED) is 0.462. The summed E-state index contributed by atoms with van der Waals surface area (Å²) in [5.74, 6) is 1.10. The van der Waals surface area contributed by atoms with Crippen LogP contribution in [0.3, 0.4) is 0 Å². The molecule has 8 nitrogen and oxygen atoms in total. The van der Waals surface area contributed by atoms with E-state index >= 15 is 0 Å². The summed E-state index contributed by atoms with van der Waals surface area (Å²) >= 11 is 0. The van der Waals surface area contributed by atoms with Crippen LogP contribution < -0.4 is 15.4 Å². The summed E-state index contributed by atoms with van der Waals surface area (Å²) in [7, 11) is 1.61. The maximum absolute atomic E-state index is 12.6. The van der Waals surface area contributed by atoms with Gasteiger partial charge in [0.05, 0.1) is 13.3 Å². The van der Waals surface area contributed by atoms with Crippen LogP contribution in [0.15, 0.2) is 66.9 Å². The van der Waals surface area contributed by atoms with Crippen molar-refractivity contribution in [3.63, 3.8) is 0 Å². The van der Waals surface area contributed by atoms with Crippen molar-refractivity contribution in [3.8, 4) is 11.5 Å². The van der Waals surface area contributed by atoms with Gasteiger partial charge in [-0.25, -0.2) is 9.50 Å². The van der Waals surface area contributed by atoms with Crippen LogP contribution in [0.4, 0.5) is 17.2 Å². The lowest BCUT2D eigenvalue weighted by Crippen LogP contribution is -2.15. The summed E-state index contributed by atoms with van der Waals surface area (Å²) in [5, 5.41) is 19.8. The number of hydrogen-bond donors (Lipinski definition) is 3. The standard InChI is InChI=1S/C20H17N5O3/c1-28-16-8-4-13(5-9-16)22-18-10-11-19-21-12-17(25(19)24-18)20(27)23-14-2-6-15(26)7-3-14/h2-12,26H,1H3,(H,22,24)(H,23,27). The van der Waals surface area contributed by atoms with Crippen LogP contribution in [0.5, 0.6) is 11.5 Å². The minimum atomic E-state index is -0.354. The van der Waals surface area contributed by atoms with E-state index in [-0.39, 0.29) is 11.7 Å². The Morgan fingerprint density at radius 1 is 1.00 bits per heavy atom. The zero-order chi connectivity index (χ0) is 19.5. The van der Waals surface area contributed by atoms with Crippen LogP contribution in [-0.4, -0.2) is 32.7 Å².